The number of nitrogens with one attached hydrogen (secondary N) is 1. The molecule has 0 amide bonds. The van der Waals surface area contributed by atoms with Gasteiger partial charge in [0.2, 0.25) is 0 Å². The van der Waals surface area contributed by atoms with E-state index in [0.29, 0.717) is 16.7 Å². The molecule has 1 aromatic rings. The quantitative estimate of drug-likeness (QED) is 0.605. The highest BCUT2D eigenvalue weighted by Gasteiger charge is 2.09. The third-order valence-electron chi connectivity index (χ3n) is 1.84. The van der Waals surface area contributed by atoms with Gasteiger partial charge in [0.25, 0.3) is 5.76 Å². The lowest BCUT2D eigenvalue weighted by Crippen LogP contribution is -2.11. The second kappa shape index (κ2) is 5.75. The van der Waals surface area contributed by atoms with E-state index in [-0.39, 0.29) is 6.04 Å². The summed E-state index contributed by atoms with van der Waals surface area (Å²) in [5.74, 6) is -2.40. The molecule has 1 nitrogen and oxygen atoms in total. The summed E-state index contributed by atoms with van der Waals surface area (Å²) in [6.07, 6.45) is 1.73. The number of rotatable bonds is 5. The van der Waals surface area contributed by atoms with Gasteiger partial charge in [-0.25, -0.2) is 0 Å². The second-order valence-corrected chi connectivity index (χ2v) is 4.08. The van der Waals surface area contributed by atoms with E-state index in [4.69, 9.17) is 0 Å². The van der Waals surface area contributed by atoms with Gasteiger partial charge in [-0.15, -0.1) is 6.58 Å². The summed E-state index contributed by atoms with van der Waals surface area (Å²) in [7, 11) is 0. The smallest absolute Gasteiger partial charge is 0.288 e. The van der Waals surface area contributed by atoms with Gasteiger partial charge in [-0.1, -0.05) is 30.0 Å². The molecule has 0 aromatic heterocycles. The SMILES string of the molecule is C=CC(C)Nc1ccccc1SC(F)F. The number of alkyl halides is 2. The summed E-state index contributed by atoms with van der Waals surface area (Å²) in [5, 5.41) is 3.09. The maximum Gasteiger partial charge on any atom is 0.288 e. The fraction of sp³-hybridized carbons (Fsp3) is 0.273. The molecular weight excluding hydrogens is 216 g/mol. The Kier molecular flexibility index (Phi) is 4.62. The van der Waals surface area contributed by atoms with Crippen molar-refractivity contribution >= 4 is 17.4 Å². The predicted octanol–water partition coefficient (Wildman–Crippen LogP) is 3.99. The average molecular weight is 229 g/mol. The van der Waals surface area contributed by atoms with Crippen LogP contribution < -0.4 is 5.32 Å². The zero-order valence-corrected chi connectivity index (χ0v) is 9.23. The minimum Gasteiger partial charge on any atom is -0.378 e. The normalized spacial score (nSPS) is 12.5. The molecule has 0 saturated carbocycles. The summed E-state index contributed by atoms with van der Waals surface area (Å²) in [6, 6.07) is 7.08. The van der Waals surface area contributed by atoms with Crippen LogP contribution in [0.25, 0.3) is 0 Å². The third-order valence-corrected chi connectivity index (χ3v) is 2.63. The van der Waals surface area contributed by atoms with Gasteiger partial charge in [-0.05, 0) is 19.1 Å². The molecule has 0 heterocycles. The van der Waals surface area contributed by atoms with Crippen molar-refractivity contribution in [2.24, 2.45) is 0 Å². The van der Waals surface area contributed by atoms with Gasteiger partial charge in [-0.2, -0.15) is 8.78 Å². The van der Waals surface area contributed by atoms with E-state index in [1.165, 1.54) is 0 Å². The fourth-order valence-corrected chi connectivity index (χ4v) is 1.69. The largest absolute Gasteiger partial charge is 0.378 e. The Morgan fingerprint density at radius 2 is 2.07 bits per heavy atom. The minimum atomic E-state index is -2.40. The van der Waals surface area contributed by atoms with Crippen LogP contribution >= 0.6 is 11.8 Å². The van der Waals surface area contributed by atoms with Crippen LogP contribution in [0.4, 0.5) is 14.5 Å². The van der Waals surface area contributed by atoms with Crippen molar-refractivity contribution in [2.75, 3.05) is 5.32 Å². The van der Waals surface area contributed by atoms with Gasteiger partial charge in [-0.3, -0.25) is 0 Å². The van der Waals surface area contributed by atoms with E-state index < -0.39 is 5.76 Å². The first-order valence-corrected chi connectivity index (χ1v) is 5.44. The molecule has 0 aliphatic carbocycles. The molecule has 82 valence electrons. The molecule has 0 fully saturated rings. The highest BCUT2D eigenvalue weighted by atomic mass is 32.2. The highest BCUT2D eigenvalue weighted by molar-refractivity contribution is 7.99. The van der Waals surface area contributed by atoms with Crippen LogP contribution in [0, 0.1) is 0 Å². The molecule has 0 bridgehead atoms. The van der Waals surface area contributed by atoms with Crippen LogP contribution in [-0.4, -0.2) is 11.8 Å². The molecule has 1 aromatic carbocycles. The Balaban J connectivity index is 2.81. The summed E-state index contributed by atoms with van der Waals surface area (Å²) in [6.45, 7) is 5.54. The van der Waals surface area contributed by atoms with Gasteiger partial charge < -0.3 is 5.32 Å². The number of anilines is 1. The van der Waals surface area contributed by atoms with E-state index >= 15 is 0 Å². The molecule has 1 unspecified atom stereocenters. The van der Waals surface area contributed by atoms with Gasteiger partial charge in [0.1, 0.15) is 0 Å². The standard InChI is InChI=1S/C11H13F2NS/c1-3-8(2)14-9-6-4-5-7-10(9)15-11(12)13/h3-8,11,14H,1H2,2H3. The Hall–Kier alpha value is -1.03. The number of hydrogen-bond acceptors (Lipinski definition) is 2. The second-order valence-electron chi connectivity index (χ2n) is 3.04. The average Bonchev–Trinajstić information content (AvgIpc) is 2.20. The molecule has 1 rings (SSSR count). The number of para-hydroxylation sites is 1. The summed E-state index contributed by atoms with van der Waals surface area (Å²) >= 11 is 0.547. The van der Waals surface area contributed by atoms with E-state index in [9.17, 15) is 8.78 Å². The molecule has 0 spiro atoms. The van der Waals surface area contributed by atoms with Crippen LogP contribution in [0.2, 0.25) is 0 Å². The molecule has 0 radical (unpaired) electrons. The van der Waals surface area contributed by atoms with Gasteiger partial charge in [0.05, 0.1) is 0 Å². The Labute approximate surface area is 92.6 Å². The Bertz CT molecular complexity index is 328. The monoisotopic (exact) mass is 229 g/mol. The summed E-state index contributed by atoms with van der Waals surface area (Å²) < 4.78 is 24.5. The molecule has 1 N–H and O–H groups in total. The van der Waals surface area contributed by atoms with Crippen LogP contribution in [0.1, 0.15) is 6.92 Å². The molecule has 15 heavy (non-hydrogen) atoms. The zero-order valence-electron chi connectivity index (χ0n) is 8.41. The lowest BCUT2D eigenvalue weighted by atomic mass is 10.2. The molecule has 4 heteroatoms. The third kappa shape index (κ3) is 3.91. The van der Waals surface area contributed by atoms with Crippen molar-refractivity contribution in [3.63, 3.8) is 0 Å². The van der Waals surface area contributed by atoms with Crippen LogP contribution in [0.5, 0.6) is 0 Å². The van der Waals surface area contributed by atoms with E-state index in [0.717, 1.165) is 5.69 Å². The molecule has 0 aliphatic rings. The first-order chi connectivity index (χ1) is 7.13. The maximum atomic E-state index is 12.2. The van der Waals surface area contributed by atoms with E-state index in [1.807, 2.05) is 13.0 Å². The fourth-order valence-electron chi connectivity index (χ4n) is 1.09. The van der Waals surface area contributed by atoms with E-state index in [2.05, 4.69) is 11.9 Å². The van der Waals surface area contributed by atoms with Crippen molar-refractivity contribution in [3.8, 4) is 0 Å². The summed E-state index contributed by atoms with van der Waals surface area (Å²) in [5.41, 5.74) is 0.718. The van der Waals surface area contributed by atoms with Gasteiger partial charge >= 0.3 is 0 Å². The lowest BCUT2D eigenvalue weighted by Gasteiger charge is -2.14. The van der Waals surface area contributed by atoms with Crippen LogP contribution in [-0.2, 0) is 0 Å². The van der Waals surface area contributed by atoms with Crippen molar-refractivity contribution in [2.45, 2.75) is 23.6 Å². The Morgan fingerprint density at radius 3 is 2.67 bits per heavy atom. The van der Waals surface area contributed by atoms with Gasteiger partial charge in [0.15, 0.2) is 0 Å². The first kappa shape index (κ1) is 12.0. The number of halogens is 2. The molecule has 0 saturated heterocycles. The lowest BCUT2D eigenvalue weighted by molar-refractivity contribution is 0.252. The molecule has 1 atom stereocenters. The van der Waals surface area contributed by atoms with Gasteiger partial charge in [0, 0.05) is 16.6 Å². The topological polar surface area (TPSA) is 12.0 Å². The predicted molar refractivity (Wildman–Crippen MR) is 61.6 cm³/mol. The van der Waals surface area contributed by atoms with Crippen molar-refractivity contribution in [1.82, 2.24) is 0 Å². The van der Waals surface area contributed by atoms with Crippen molar-refractivity contribution in [3.05, 3.63) is 36.9 Å². The number of thioether (sulfide) groups is 1. The zero-order chi connectivity index (χ0) is 11.3. The first-order valence-electron chi connectivity index (χ1n) is 4.56. The molecule has 0 aliphatic heterocycles. The van der Waals surface area contributed by atoms with E-state index in [1.54, 1.807) is 24.3 Å². The Morgan fingerprint density at radius 1 is 1.40 bits per heavy atom. The maximum absolute atomic E-state index is 12.2. The highest BCUT2D eigenvalue weighted by Crippen LogP contribution is 2.31. The molecular formula is C11H13F2NS. The minimum absolute atomic E-state index is 0.0597. The summed E-state index contributed by atoms with van der Waals surface area (Å²) in [4.78, 5) is 0.557. The van der Waals surface area contributed by atoms with Crippen LogP contribution in [0.15, 0.2) is 41.8 Å². The van der Waals surface area contributed by atoms with Crippen molar-refractivity contribution in [1.29, 1.82) is 0 Å². The number of benzene rings is 1. The van der Waals surface area contributed by atoms with Crippen molar-refractivity contribution < 1.29 is 8.78 Å². The van der Waals surface area contributed by atoms with Crippen LogP contribution in [0.3, 0.4) is 0 Å². The number of hydrogen-bond donors (Lipinski definition) is 1.